The summed E-state index contributed by atoms with van der Waals surface area (Å²) in [6.07, 6.45) is 2.78. The Hall–Kier alpha value is -1.96. The molecule has 36 heavy (non-hydrogen) atoms. The van der Waals surface area contributed by atoms with Crippen molar-refractivity contribution in [2.45, 2.75) is 38.2 Å². The third-order valence-electron chi connectivity index (χ3n) is 10.2. The maximum Gasteiger partial charge on any atom is 0.296 e. The minimum absolute atomic E-state index is 0.0539. The molecule has 1 saturated heterocycles. The molecular weight excluding hydrogens is 460 g/mol. The maximum absolute atomic E-state index is 12.6. The van der Waals surface area contributed by atoms with E-state index in [0.717, 1.165) is 44.0 Å². The standard InChI is InChI=1S/C27H40N4O5/c1-17-11-18-5-4-7-30-24(28-2)31-9-6-19(13-29-8-10-32)27(15-31)20(18)12-21-22(23(33)34)25(35,16-36-3)14-26(17,21)27/h17-20,29,32,35H,6-16H2,1-3H3,(H,28,30)(H,33,34)/t17-,18-,19-,20+,25+,26+,27+/m1/s1. The number of quaternary nitrogens is 1. The second-order valence-electron chi connectivity index (χ2n) is 11.5. The molecular formula is C27H40N4O5. The Labute approximate surface area is 213 Å². The number of carbonyl (C=O) groups excluding carboxylic acids is 1. The molecule has 0 aromatic carbocycles. The molecule has 5 aliphatic rings. The average molecular weight is 501 g/mol. The average Bonchev–Trinajstić information content (AvgIpc) is 3.20. The molecule has 5 N–H and O–H groups in total. The van der Waals surface area contributed by atoms with E-state index in [0.29, 0.717) is 25.9 Å². The molecule has 0 aromatic heterocycles. The predicted octanol–water partition coefficient (Wildman–Crippen LogP) is -2.46. The van der Waals surface area contributed by atoms with E-state index in [4.69, 9.17) is 4.74 Å². The largest absolute Gasteiger partial charge is 0.545 e. The number of hydrogen-bond donors (Lipinski definition) is 5. The van der Waals surface area contributed by atoms with Crippen molar-refractivity contribution in [3.63, 3.8) is 0 Å². The first-order chi connectivity index (χ1) is 17.3. The zero-order chi connectivity index (χ0) is 25.7. The van der Waals surface area contributed by atoms with Gasteiger partial charge in [0.05, 0.1) is 38.8 Å². The summed E-state index contributed by atoms with van der Waals surface area (Å²) < 4.78 is 5.40. The Balaban J connectivity index is 1.76. The van der Waals surface area contributed by atoms with Gasteiger partial charge in [0.15, 0.2) is 0 Å². The van der Waals surface area contributed by atoms with E-state index in [-0.39, 0.29) is 47.9 Å². The summed E-state index contributed by atoms with van der Waals surface area (Å²) in [7, 11) is 3.31. The molecule has 5 bridgehead atoms. The summed E-state index contributed by atoms with van der Waals surface area (Å²) in [5, 5.41) is 40.8. The lowest BCUT2D eigenvalue weighted by molar-refractivity contribution is -0.830. The molecule has 9 nitrogen and oxygen atoms in total. The van der Waals surface area contributed by atoms with Crippen LogP contribution in [0, 0.1) is 46.3 Å². The van der Waals surface area contributed by atoms with Crippen LogP contribution in [0.5, 0.6) is 0 Å². The number of nitrogens with zero attached hydrogens (tertiary/aromatic N) is 1. The number of fused-ring (bicyclic) bond motifs is 1. The molecule has 0 amide bonds. The molecule has 8 atom stereocenters. The second kappa shape index (κ2) is 9.41. The number of aliphatic carboxylic acids is 1. The number of hydrogen-bond acceptors (Lipinski definition) is 7. The second-order valence-corrected chi connectivity index (χ2v) is 11.5. The fourth-order valence-electron chi connectivity index (χ4n) is 9.30. The number of guanidine groups is 1. The molecule has 2 saturated carbocycles. The van der Waals surface area contributed by atoms with Crippen molar-refractivity contribution in [3.8, 4) is 11.8 Å². The molecule has 2 heterocycles. The third kappa shape index (κ3) is 3.42. The minimum atomic E-state index is -1.58. The Morgan fingerprint density at radius 1 is 1.44 bits per heavy atom. The van der Waals surface area contributed by atoms with Crippen molar-refractivity contribution in [1.82, 2.24) is 10.6 Å². The summed E-state index contributed by atoms with van der Waals surface area (Å²) in [5.41, 5.74) is -1.43. The molecule has 1 unspecified atom stereocenters. The Morgan fingerprint density at radius 2 is 2.25 bits per heavy atom. The number of carboxylic acids is 1. The predicted molar refractivity (Wildman–Crippen MR) is 132 cm³/mol. The van der Waals surface area contributed by atoms with Crippen LogP contribution < -0.4 is 20.6 Å². The number of allylic oxidation sites excluding steroid dienone is 1. The van der Waals surface area contributed by atoms with Crippen molar-refractivity contribution >= 4 is 11.9 Å². The van der Waals surface area contributed by atoms with Crippen LogP contribution in [0.15, 0.2) is 16.1 Å². The van der Waals surface area contributed by atoms with Crippen LogP contribution in [-0.2, 0) is 9.53 Å². The van der Waals surface area contributed by atoms with Crippen LogP contribution in [0.2, 0.25) is 0 Å². The molecule has 5 rings (SSSR count). The van der Waals surface area contributed by atoms with Gasteiger partial charge < -0.3 is 35.5 Å². The van der Waals surface area contributed by atoms with Gasteiger partial charge in [0, 0.05) is 49.4 Å². The van der Waals surface area contributed by atoms with Crippen LogP contribution in [0.1, 0.15) is 32.6 Å². The van der Waals surface area contributed by atoms with Gasteiger partial charge in [-0.25, -0.2) is 4.99 Å². The van der Waals surface area contributed by atoms with Crippen molar-refractivity contribution in [1.29, 1.82) is 0 Å². The lowest BCUT2D eigenvalue weighted by Crippen LogP contribution is -3.19. The van der Waals surface area contributed by atoms with Gasteiger partial charge in [0.25, 0.3) is 5.96 Å². The summed E-state index contributed by atoms with van der Waals surface area (Å²) in [6.45, 7) is 5.76. The van der Waals surface area contributed by atoms with Crippen molar-refractivity contribution in [2.24, 2.45) is 39.5 Å². The lowest BCUT2D eigenvalue weighted by atomic mass is 9.43. The molecule has 3 aliphatic carbocycles. The Kier molecular flexibility index (Phi) is 6.71. The van der Waals surface area contributed by atoms with E-state index in [2.05, 4.69) is 34.4 Å². The SMILES string of the molecule is CN=C1NCC#C[C@@H]2C[C@@H](C)[C@@]34C[C@](O)(COC)C(C(=O)[O-])=C3C[C@@H]2[C@@]42C[NH+]1CC[C@@H]2CNCCO. The molecule has 0 radical (unpaired) electrons. The Bertz CT molecular complexity index is 1030. The highest BCUT2D eigenvalue weighted by atomic mass is 16.5. The first-order valence-corrected chi connectivity index (χ1v) is 13.3. The van der Waals surface area contributed by atoms with E-state index in [9.17, 15) is 20.1 Å². The van der Waals surface area contributed by atoms with E-state index in [1.807, 2.05) is 7.05 Å². The van der Waals surface area contributed by atoms with Gasteiger partial charge in [0.1, 0.15) is 5.60 Å². The lowest BCUT2D eigenvalue weighted by Gasteiger charge is -2.62. The molecule has 2 aliphatic heterocycles. The summed E-state index contributed by atoms with van der Waals surface area (Å²) >= 11 is 0. The zero-order valence-corrected chi connectivity index (χ0v) is 21.7. The highest BCUT2D eigenvalue weighted by Gasteiger charge is 2.77. The maximum atomic E-state index is 12.6. The fraction of sp³-hybridized carbons (Fsp3) is 0.778. The van der Waals surface area contributed by atoms with Crippen molar-refractivity contribution in [2.75, 3.05) is 60.1 Å². The number of aliphatic imine (C=N–C) groups is 1. The third-order valence-corrected chi connectivity index (χ3v) is 10.2. The smallest absolute Gasteiger partial charge is 0.296 e. The Morgan fingerprint density at radius 3 is 2.94 bits per heavy atom. The van der Waals surface area contributed by atoms with Gasteiger partial charge in [0.2, 0.25) is 0 Å². The van der Waals surface area contributed by atoms with Gasteiger partial charge in [-0.1, -0.05) is 24.3 Å². The van der Waals surface area contributed by atoms with Gasteiger partial charge in [-0.15, -0.1) is 0 Å². The molecule has 198 valence electrons. The number of ether oxygens (including phenoxy) is 1. The molecule has 2 spiro atoms. The van der Waals surface area contributed by atoms with E-state index < -0.39 is 17.0 Å². The number of carboxylic acid groups (broad SMARTS) is 1. The first-order valence-electron chi connectivity index (χ1n) is 13.3. The monoisotopic (exact) mass is 500 g/mol. The molecule has 0 aromatic rings. The number of carbonyl (C=O) groups is 1. The minimum Gasteiger partial charge on any atom is -0.545 e. The van der Waals surface area contributed by atoms with Gasteiger partial charge in [-0.2, -0.15) is 0 Å². The number of aliphatic hydroxyl groups is 2. The zero-order valence-electron chi connectivity index (χ0n) is 21.7. The van der Waals surface area contributed by atoms with E-state index in [1.54, 1.807) is 0 Å². The molecule has 3 fully saturated rings. The molecule has 9 heteroatoms. The van der Waals surface area contributed by atoms with Crippen LogP contribution in [0.4, 0.5) is 0 Å². The van der Waals surface area contributed by atoms with Crippen molar-refractivity contribution < 1.29 is 29.8 Å². The number of piperidine rings is 1. The highest BCUT2D eigenvalue weighted by Crippen LogP contribution is 2.77. The van der Waals surface area contributed by atoms with Crippen LogP contribution in [-0.4, -0.2) is 87.8 Å². The number of methoxy groups -OCH3 is 1. The topological polar surface area (TPSA) is 131 Å². The van der Waals surface area contributed by atoms with Crippen molar-refractivity contribution in [3.05, 3.63) is 11.1 Å². The van der Waals surface area contributed by atoms with E-state index >= 15 is 0 Å². The number of rotatable bonds is 7. The number of nitrogens with one attached hydrogen (secondary N) is 3. The first kappa shape index (κ1) is 25.7. The van der Waals surface area contributed by atoms with Gasteiger partial charge >= 0.3 is 0 Å². The normalized spacial score (nSPS) is 44.0. The fourth-order valence-corrected chi connectivity index (χ4v) is 9.30. The van der Waals surface area contributed by atoms with Crippen LogP contribution >= 0.6 is 0 Å². The summed E-state index contributed by atoms with van der Waals surface area (Å²) in [5.74, 6) is 7.26. The van der Waals surface area contributed by atoms with Gasteiger partial charge in [-0.3, -0.25) is 4.90 Å². The van der Waals surface area contributed by atoms with Gasteiger partial charge in [-0.05, 0) is 43.6 Å². The summed E-state index contributed by atoms with van der Waals surface area (Å²) in [4.78, 5) is 18.5. The summed E-state index contributed by atoms with van der Waals surface area (Å²) in [6, 6.07) is 0. The van der Waals surface area contributed by atoms with Crippen LogP contribution in [0.3, 0.4) is 0 Å². The van der Waals surface area contributed by atoms with Crippen LogP contribution in [0.25, 0.3) is 0 Å². The quantitative estimate of drug-likeness (QED) is 0.194. The number of aliphatic hydroxyl groups excluding tert-OH is 1. The highest BCUT2D eigenvalue weighted by molar-refractivity contribution is 5.90. The van der Waals surface area contributed by atoms with E-state index in [1.165, 1.54) is 12.0 Å².